The predicted octanol–water partition coefficient (Wildman–Crippen LogP) is 1.77. The summed E-state index contributed by atoms with van der Waals surface area (Å²) in [4.78, 5) is 9.40. The molecular weight excluding hydrogens is 236 g/mol. The first-order chi connectivity index (χ1) is 9.17. The van der Waals surface area contributed by atoms with Crippen molar-refractivity contribution in [2.24, 2.45) is 5.73 Å². The Morgan fingerprint density at radius 2 is 2.11 bits per heavy atom. The molecule has 2 N–H and O–H groups in total. The normalized spacial score (nSPS) is 17.7. The van der Waals surface area contributed by atoms with E-state index >= 15 is 0 Å². The summed E-state index contributed by atoms with van der Waals surface area (Å²) < 4.78 is 0. The molecule has 0 saturated carbocycles. The lowest BCUT2D eigenvalue weighted by Crippen LogP contribution is -2.44. The van der Waals surface area contributed by atoms with Crippen LogP contribution >= 0.6 is 0 Å². The fraction of sp³-hybridized carbons (Fsp3) is 0.667. The summed E-state index contributed by atoms with van der Waals surface area (Å²) in [5.74, 6) is 1.07. The smallest absolute Gasteiger partial charge is 0.133 e. The molecule has 4 heteroatoms. The third kappa shape index (κ3) is 3.07. The molecule has 0 radical (unpaired) electrons. The van der Waals surface area contributed by atoms with Crippen LogP contribution in [-0.2, 0) is 6.54 Å². The topological polar surface area (TPSA) is 45.4 Å². The van der Waals surface area contributed by atoms with Crippen LogP contribution in [0.2, 0.25) is 0 Å². The van der Waals surface area contributed by atoms with Gasteiger partial charge in [0.2, 0.25) is 0 Å². The molecular formula is C15H26N4. The Hall–Kier alpha value is -1.13. The van der Waals surface area contributed by atoms with Crippen molar-refractivity contribution in [2.45, 2.75) is 39.3 Å². The number of anilines is 1. The lowest BCUT2D eigenvalue weighted by molar-refractivity contribution is 0.220. The zero-order valence-corrected chi connectivity index (χ0v) is 12.4. The van der Waals surface area contributed by atoms with Crippen molar-refractivity contribution in [3.05, 3.63) is 23.4 Å². The van der Waals surface area contributed by atoms with Gasteiger partial charge >= 0.3 is 0 Å². The summed E-state index contributed by atoms with van der Waals surface area (Å²) >= 11 is 0. The first-order valence-electron chi connectivity index (χ1n) is 7.27. The zero-order valence-electron chi connectivity index (χ0n) is 12.4. The van der Waals surface area contributed by atoms with Crippen LogP contribution in [0.5, 0.6) is 0 Å². The van der Waals surface area contributed by atoms with Crippen molar-refractivity contribution in [3.8, 4) is 0 Å². The van der Waals surface area contributed by atoms with Gasteiger partial charge in [-0.25, -0.2) is 4.98 Å². The summed E-state index contributed by atoms with van der Waals surface area (Å²) in [6.45, 7) is 8.45. The number of hydrogen-bond acceptors (Lipinski definition) is 4. The first kappa shape index (κ1) is 14.3. The van der Waals surface area contributed by atoms with Crippen molar-refractivity contribution >= 4 is 5.82 Å². The van der Waals surface area contributed by atoms with E-state index in [1.165, 1.54) is 37.1 Å². The Morgan fingerprint density at radius 3 is 2.68 bits per heavy atom. The molecule has 0 unspecified atom stereocenters. The van der Waals surface area contributed by atoms with E-state index in [4.69, 9.17) is 5.73 Å². The number of rotatable bonds is 4. The molecule has 0 amide bonds. The van der Waals surface area contributed by atoms with Gasteiger partial charge in [0.25, 0.3) is 0 Å². The molecule has 0 aromatic carbocycles. The van der Waals surface area contributed by atoms with Gasteiger partial charge in [-0.05, 0) is 37.9 Å². The highest BCUT2D eigenvalue weighted by molar-refractivity contribution is 5.50. The average Bonchev–Trinajstić information content (AvgIpc) is 2.46. The fourth-order valence-electron chi connectivity index (χ4n) is 2.93. The molecule has 4 nitrogen and oxygen atoms in total. The quantitative estimate of drug-likeness (QED) is 0.898. The number of aryl methyl sites for hydroxylation is 1. The predicted molar refractivity (Wildman–Crippen MR) is 80.4 cm³/mol. The maximum Gasteiger partial charge on any atom is 0.133 e. The van der Waals surface area contributed by atoms with Gasteiger partial charge in [-0.1, -0.05) is 6.92 Å². The molecule has 2 rings (SSSR count). The van der Waals surface area contributed by atoms with Crippen LogP contribution in [0.4, 0.5) is 5.82 Å². The van der Waals surface area contributed by atoms with E-state index in [0.29, 0.717) is 12.6 Å². The van der Waals surface area contributed by atoms with Crippen LogP contribution in [0.3, 0.4) is 0 Å². The molecule has 1 aliphatic heterocycles. The number of hydrogen-bond donors (Lipinski definition) is 1. The Kier molecular flexibility index (Phi) is 4.77. The number of aromatic nitrogens is 1. The maximum absolute atomic E-state index is 5.89. The van der Waals surface area contributed by atoms with Crippen LogP contribution in [0.1, 0.15) is 30.9 Å². The average molecular weight is 262 g/mol. The van der Waals surface area contributed by atoms with Crippen LogP contribution in [-0.4, -0.2) is 42.6 Å². The second kappa shape index (κ2) is 6.35. The SMILES string of the molecule is CCN1CCC(N(C)c2nccc(C)c2CN)CC1. The summed E-state index contributed by atoms with van der Waals surface area (Å²) in [6, 6.07) is 2.63. The molecule has 1 aliphatic rings. The molecule has 1 fully saturated rings. The molecule has 1 aromatic rings. The molecule has 1 aromatic heterocycles. The van der Waals surface area contributed by atoms with Crippen LogP contribution in [0.25, 0.3) is 0 Å². The standard InChI is InChI=1S/C15H26N4/c1-4-19-9-6-13(7-10-19)18(3)15-14(11-16)12(2)5-8-17-15/h5,8,13H,4,6-7,9-11,16H2,1-3H3. The van der Waals surface area contributed by atoms with Crippen LogP contribution < -0.4 is 10.6 Å². The second-order valence-electron chi connectivity index (χ2n) is 5.41. The number of likely N-dealkylation sites (tertiary alicyclic amines) is 1. The highest BCUT2D eigenvalue weighted by atomic mass is 15.2. The Balaban J connectivity index is 2.12. The van der Waals surface area contributed by atoms with Crippen molar-refractivity contribution in [1.82, 2.24) is 9.88 Å². The van der Waals surface area contributed by atoms with Crippen molar-refractivity contribution in [3.63, 3.8) is 0 Å². The third-order valence-corrected chi connectivity index (χ3v) is 4.36. The van der Waals surface area contributed by atoms with Gasteiger partial charge in [-0.2, -0.15) is 0 Å². The van der Waals surface area contributed by atoms with Crippen molar-refractivity contribution < 1.29 is 0 Å². The minimum atomic E-state index is 0.563. The third-order valence-electron chi connectivity index (χ3n) is 4.36. The lowest BCUT2D eigenvalue weighted by atomic mass is 10.0. The number of pyridine rings is 1. The molecule has 106 valence electrons. The molecule has 2 heterocycles. The van der Waals surface area contributed by atoms with Gasteiger partial charge in [0.05, 0.1) is 0 Å². The summed E-state index contributed by atoms with van der Waals surface area (Å²) in [7, 11) is 2.16. The van der Waals surface area contributed by atoms with E-state index in [-0.39, 0.29) is 0 Å². The van der Waals surface area contributed by atoms with E-state index < -0.39 is 0 Å². The molecule has 0 aliphatic carbocycles. The molecule has 1 saturated heterocycles. The highest BCUT2D eigenvalue weighted by Gasteiger charge is 2.23. The molecule has 0 atom stereocenters. The van der Waals surface area contributed by atoms with E-state index in [1.54, 1.807) is 0 Å². The van der Waals surface area contributed by atoms with Gasteiger partial charge in [0.1, 0.15) is 5.82 Å². The first-order valence-corrected chi connectivity index (χ1v) is 7.27. The Morgan fingerprint density at radius 1 is 1.42 bits per heavy atom. The lowest BCUT2D eigenvalue weighted by Gasteiger charge is -2.37. The number of nitrogens with two attached hydrogens (primary N) is 1. The monoisotopic (exact) mass is 262 g/mol. The van der Waals surface area contributed by atoms with E-state index in [9.17, 15) is 0 Å². The highest BCUT2D eigenvalue weighted by Crippen LogP contribution is 2.25. The van der Waals surface area contributed by atoms with Gasteiger partial charge < -0.3 is 15.5 Å². The van der Waals surface area contributed by atoms with Crippen molar-refractivity contribution in [2.75, 3.05) is 31.6 Å². The molecule has 0 spiro atoms. The van der Waals surface area contributed by atoms with Gasteiger partial charge in [-0.3, -0.25) is 0 Å². The van der Waals surface area contributed by atoms with Gasteiger partial charge in [-0.15, -0.1) is 0 Å². The van der Waals surface area contributed by atoms with E-state index in [1.807, 2.05) is 12.3 Å². The Labute approximate surface area is 116 Å². The van der Waals surface area contributed by atoms with Crippen LogP contribution in [0, 0.1) is 6.92 Å². The van der Waals surface area contributed by atoms with Gasteiger partial charge in [0, 0.05) is 44.5 Å². The molecule has 0 bridgehead atoms. The van der Waals surface area contributed by atoms with E-state index in [2.05, 4.69) is 35.7 Å². The summed E-state index contributed by atoms with van der Waals surface area (Å²) in [5, 5.41) is 0. The Bertz CT molecular complexity index is 411. The van der Waals surface area contributed by atoms with Crippen molar-refractivity contribution in [1.29, 1.82) is 0 Å². The van der Waals surface area contributed by atoms with E-state index in [0.717, 1.165) is 12.4 Å². The molecule has 19 heavy (non-hydrogen) atoms. The summed E-state index contributed by atoms with van der Waals surface area (Å²) in [6.07, 6.45) is 4.31. The zero-order chi connectivity index (χ0) is 13.8. The largest absolute Gasteiger partial charge is 0.356 e. The van der Waals surface area contributed by atoms with Gasteiger partial charge in [0.15, 0.2) is 0 Å². The number of nitrogens with zero attached hydrogens (tertiary/aromatic N) is 3. The fourth-order valence-corrected chi connectivity index (χ4v) is 2.93. The maximum atomic E-state index is 5.89. The number of piperidine rings is 1. The summed E-state index contributed by atoms with van der Waals surface area (Å²) in [5.41, 5.74) is 8.31. The second-order valence-corrected chi connectivity index (χ2v) is 5.41. The van der Waals surface area contributed by atoms with Crippen LogP contribution in [0.15, 0.2) is 12.3 Å². The minimum Gasteiger partial charge on any atom is -0.356 e. The minimum absolute atomic E-state index is 0.563.